The molecule has 1 saturated heterocycles. The van der Waals surface area contributed by atoms with Crippen molar-refractivity contribution in [2.75, 3.05) is 18.4 Å². The second-order valence-electron chi connectivity index (χ2n) is 3.81. The summed E-state index contributed by atoms with van der Waals surface area (Å²) in [6.45, 7) is 3.80. The maximum Gasteiger partial charge on any atom is 0.230 e. The summed E-state index contributed by atoms with van der Waals surface area (Å²) >= 11 is 1.52. The standard InChI is InChI=1S/C10H15N3OS.ClH/c1-7-5-12-10(15-7)13-9(14)8-3-2-4-11-6-8;/h5,8,11H,2-4,6H2,1H3,(H,12,13,14);1H/t8-;/m1./s1. The molecule has 0 unspecified atom stereocenters. The smallest absolute Gasteiger partial charge is 0.230 e. The number of thiazole rings is 1. The first-order valence-corrected chi connectivity index (χ1v) is 6.01. The molecule has 16 heavy (non-hydrogen) atoms. The molecule has 4 nitrogen and oxygen atoms in total. The molecule has 1 atom stereocenters. The lowest BCUT2D eigenvalue weighted by Crippen LogP contribution is -2.37. The Morgan fingerprint density at radius 2 is 2.50 bits per heavy atom. The minimum atomic E-state index is 0. The summed E-state index contributed by atoms with van der Waals surface area (Å²) in [5.41, 5.74) is 0. The van der Waals surface area contributed by atoms with Gasteiger partial charge in [-0.1, -0.05) is 0 Å². The van der Waals surface area contributed by atoms with Crippen molar-refractivity contribution in [3.8, 4) is 0 Å². The van der Waals surface area contributed by atoms with Crippen LogP contribution in [-0.4, -0.2) is 24.0 Å². The second-order valence-corrected chi connectivity index (χ2v) is 5.04. The van der Waals surface area contributed by atoms with Gasteiger partial charge in [-0.25, -0.2) is 4.98 Å². The molecule has 1 aliphatic heterocycles. The van der Waals surface area contributed by atoms with Crippen LogP contribution in [0.2, 0.25) is 0 Å². The van der Waals surface area contributed by atoms with Crippen LogP contribution in [0, 0.1) is 12.8 Å². The first-order valence-electron chi connectivity index (χ1n) is 5.20. The maximum absolute atomic E-state index is 11.8. The topological polar surface area (TPSA) is 54.0 Å². The Labute approximate surface area is 105 Å². The van der Waals surface area contributed by atoms with Gasteiger partial charge in [0.05, 0.1) is 5.92 Å². The number of halogens is 1. The van der Waals surface area contributed by atoms with Gasteiger partial charge >= 0.3 is 0 Å². The molecule has 2 rings (SSSR count). The number of aromatic nitrogens is 1. The molecule has 6 heteroatoms. The van der Waals surface area contributed by atoms with Crippen LogP contribution in [0.4, 0.5) is 5.13 Å². The lowest BCUT2D eigenvalue weighted by atomic mass is 9.99. The average molecular weight is 262 g/mol. The number of nitrogens with one attached hydrogen (secondary N) is 2. The Bertz CT molecular complexity index is 350. The number of carbonyl (C=O) groups is 1. The Hall–Kier alpha value is -0.650. The molecule has 0 aromatic carbocycles. The van der Waals surface area contributed by atoms with Crippen molar-refractivity contribution < 1.29 is 4.79 Å². The lowest BCUT2D eigenvalue weighted by molar-refractivity contribution is -0.120. The van der Waals surface area contributed by atoms with Crippen molar-refractivity contribution in [2.45, 2.75) is 19.8 Å². The van der Waals surface area contributed by atoms with Crippen molar-refractivity contribution >= 4 is 34.8 Å². The molecule has 1 aliphatic rings. The molecule has 1 fully saturated rings. The molecular weight excluding hydrogens is 246 g/mol. The van der Waals surface area contributed by atoms with Crippen molar-refractivity contribution in [1.29, 1.82) is 0 Å². The summed E-state index contributed by atoms with van der Waals surface area (Å²) in [4.78, 5) is 17.0. The van der Waals surface area contributed by atoms with Gasteiger partial charge in [0.15, 0.2) is 5.13 Å². The highest BCUT2D eigenvalue weighted by Crippen LogP contribution is 2.18. The third-order valence-electron chi connectivity index (χ3n) is 2.52. The fourth-order valence-electron chi connectivity index (χ4n) is 1.70. The zero-order valence-electron chi connectivity index (χ0n) is 9.16. The second kappa shape index (κ2) is 6.18. The molecule has 90 valence electrons. The summed E-state index contributed by atoms with van der Waals surface area (Å²) in [5.74, 6) is 0.194. The van der Waals surface area contributed by atoms with E-state index in [0.717, 1.165) is 30.8 Å². The summed E-state index contributed by atoms with van der Waals surface area (Å²) in [6, 6.07) is 0. The van der Waals surface area contributed by atoms with E-state index in [-0.39, 0.29) is 24.2 Å². The van der Waals surface area contributed by atoms with Crippen LogP contribution in [0.25, 0.3) is 0 Å². The number of hydrogen-bond donors (Lipinski definition) is 2. The number of carbonyl (C=O) groups excluding carboxylic acids is 1. The number of anilines is 1. The van der Waals surface area contributed by atoms with Crippen LogP contribution in [0.1, 0.15) is 17.7 Å². The van der Waals surface area contributed by atoms with Crippen LogP contribution in [0.15, 0.2) is 6.20 Å². The first kappa shape index (κ1) is 13.4. The molecule has 1 aromatic rings. The summed E-state index contributed by atoms with van der Waals surface area (Å²) in [6.07, 6.45) is 3.83. The Morgan fingerprint density at radius 1 is 1.69 bits per heavy atom. The minimum absolute atomic E-state index is 0. The highest BCUT2D eigenvalue weighted by Gasteiger charge is 2.21. The van der Waals surface area contributed by atoms with Gasteiger partial charge in [0.2, 0.25) is 5.91 Å². The first-order chi connectivity index (χ1) is 7.25. The molecule has 0 saturated carbocycles. The molecule has 0 bridgehead atoms. The van der Waals surface area contributed by atoms with E-state index in [0.29, 0.717) is 5.13 Å². The summed E-state index contributed by atoms with van der Waals surface area (Å²) < 4.78 is 0. The van der Waals surface area contributed by atoms with Gasteiger partial charge in [0.25, 0.3) is 0 Å². The van der Waals surface area contributed by atoms with Gasteiger partial charge in [-0.3, -0.25) is 4.79 Å². The molecule has 0 spiro atoms. The molecule has 0 aliphatic carbocycles. The highest BCUT2D eigenvalue weighted by molar-refractivity contribution is 7.15. The van der Waals surface area contributed by atoms with Gasteiger partial charge < -0.3 is 10.6 Å². The fourth-order valence-corrected chi connectivity index (χ4v) is 2.36. The van der Waals surface area contributed by atoms with Gasteiger partial charge in [0, 0.05) is 17.6 Å². The van der Waals surface area contributed by atoms with Crippen LogP contribution >= 0.6 is 23.7 Å². The number of aryl methyl sites for hydroxylation is 1. The third kappa shape index (κ3) is 3.43. The molecule has 1 amide bonds. The minimum Gasteiger partial charge on any atom is -0.316 e. The quantitative estimate of drug-likeness (QED) is 0.854. The van der Waals surface area contributed by atoms with E-state index < -0.39 is 0 Å². The van der Waals surface area contributed by atoms with Crippen molar-refractivity contribution in [3.05, 3.63) is 11.1 Å². The number of nitrogens with zero attached hydrogens (tertiary/aromatic N) is 1. The highest BCUT2D eigenvalue weighted by atomic mass is 35.5. The summed E-state index contributed by atoms with van der Waals surface area (Å²) in [5, 5.41) is 6.80. The van der Waals surface area contributed by atoms with Gasteiger partial charge in [-0.15, -0.1) is 23.7 Å². The Kier molecular flexibility index (Phi) is 5.18. The van der Waals surface area contributed by atoms with Gasteiger partial charge in [0.1, 0.15) is 0 Å². The Balaban J connectivity index is 0.00000128. The molecule has 0 radical (unpaired) electrons. The van der Waals surface area contributed by atoms with Crippen LogP contribution in [0.5, 0.6) is 0 Å². The monoisotopic (exact) mass is 261 g/mol. The molecular formula is C10H16ClN3OS. The predicted octanol–water partition coefficient (Wildman–Crippen LogP) is 1.81. The maximum atomic E-state index is 11.8. The molecule has 2 N–H and O–H groups in total. The zero-order chi connectivity index (χ0) is 10.7. The van der Waals surface area contributed by atoms with Crippen LogP contribution in [0.3, 0.4) is 0 Å². The van der Waals surface area contributed by atoms with E-state index in [2.05, 4.69) is 15.6 Å². The Morgan fingerprint density at radius 3 is 3.06 bits per heavy atom. The van der Waals surface area contributed by atoms with Crippen LogP contribution < -0.4 is 10.6 Å². The average Bonchev–Trinajstić information content (AvgIpc) is 2.65. The third-order valence-corrected chi connectivity index (χ3v) is 3.35. The van der Waals surface area contributed by atoms with Gasteiger partial charge in [-0.05, 0) is 26.3 Å². The fraction of sp³-hybridized carbons (Fsp3) is 0.600. The number of piperidine rings is 1. The zero-order valence-corrected chi connectivity index (χ0v) is 10.8. The largest absolute Gasteiger partial charge is 0.316 e. The summed E-state index contributed by atoms with van der Waals surface area (Å²) in [7, 11) is 0. The van der Waals surface area contributed by atoms with Crippen molar-refractivity contribution in [3.63, 3.8) is 0 Å². The lowest BCUT2D eigenvalue weighted by Gasteiger charge is -2.21. The predicted molar refractivity (Wildman–Crippen MR) is 68.3 cm³/mol. The normalized spacial score (nSPS) is 19.9. The molecule has 1 aromatic heterocycles. The number of hydrogen-bond acceptors (Lipinski definition) is 4. The van der Waals surface area contributed by atoms with Crippen molar-refractivity contribution in [1.82, 2.24) is 10.3 Å². The van der Waals surface area contributed by atoms with Crippen molar-refractivity contribution in [2.24, 2.45) is 5.92 Å². The van der Waals surface area contributed by atoms with E-state index in [1.54, 1.807) is 6.20 Å². The van der Waals surface area contributed by atoms with E-state index in [4.69, 9.17) is 0 Å². The number of rotatable bonds is 2. The van der Waals surface area contributed by atoms with Gasteiger partial charge in [-0.2, -0.15) is 0 Å². The molecule has 2 heterocycles. The number of amides is 1. The van der Waals surface area contributed by atoms with E-state index in [1.165, 1.54) is 11.3 Å². The van der Waals surface area contributed by atoms with Crippen LogP contribution in [-0.2, 0) is 4.79 Å². The van der Waals surface area contributed by atoms with E-state index in [1.807, 2.05) is 6.92 Å². The van der Waals surface area contributed by atoms with E-state index >= 15 is 0 Å². The van der Waals surface area contributed by atoms with E-state index in [9.17, 15) is 4.79 Å². The SMILES string of the molecule is Cc1cnc(NC(=O)[C@@H]2CCCNC2)s1.Cl.